The molecule has 0 aromatic heterocycles. The second-order valence-electron chi connectivity index (χ2n) is 0.455. The van der Waals surface area contributed by atoms with Crippen LogP contribution in [0.4, 0.5) is 0 Å². The van der Waals surface area contributed by atoms with Crippen molar-refractivity contribution in [2.24, 2.45) is 11.5 Å². The molecule has 6 heteroatoms. The van der Waals surface area contributed by atoms with Crippen LogP contribution in [0.3, 0.4) is 0 Å². The van der Waals surface area contributed by atoms with Crippen molar-refractivity contribution in [3.8, 4) is 0 Å². The van der Waals surface area contributed by atoms with Gasteiger partial charge in [0.2, 0.25) is 0 Å². The van der Waals surface area contributed by atoms with Gasteiger partial charge in [-0.2, -0.15) is 0 Å². The quantitative estimate of drug-likeness (QED) is 0.355. The first kappa shape index (κ1) is 27.3. The van der Waals surface area contributed by atoms with E-state index in [4.69, 9.17) is 5.41 Å². The first-order chi connectivity index (χ1) is 1.73. The highest BCUT2D eigenvalue weighted by molar-refractivity contribution is 5.86. The van der Waals surface area contributed by atoms with Gasteiger partial charge in [-0.15, -0.1) is 37.2 Å². The Morgan fingerprint density at radius 1 is 1.00 bits per heavy atom. The molecule has 5 N–H and O–H groups in total. The third kappa shape index (κ3) is 5370. The molecular weight excluding hydrogens is 160 g/mol. The van der Waals surface area contributed by atoms with Crippen LogP contribution in [-0.2, 0) is 0 Å². The third-order valence-corrected chi connectivity index (χ3v) is 0. The molecule has 0 aromatic rings. The highest BCUT2D eigenvalue weighted by Gasteiger charge is 1.52. The fourth-order valence-corrected chi connectivity index (χ4v) is 0. The zero-order chi connectivity index (χ0) is 3.58. The Labute approximate surface area is 60.6 Å². The highest BCUT2D eigenvalue weighted by atomic mass is 35.5. The average Bonchev–Trinajstić information content (AvgIpc) is 0.811. The van der Waals surface area contributed by atoms with Crippen molar-refractivity contribution in [3.05, 3.63) is 0 Å². The fraction of sp³-hybridized carbons (Fsp3) is 0. The molecule has 0 unspecified atom stereocenters. The molecule has 0 aromatic carbocycles. The fourth-order valence-electron chi connectivity index (χ4n) is 0. The molecule has 0 aliphatic carbocycles. The van der Waals surface area contributed by atoms with Crippen molar-refractivity contribution in [2.75, 3.05) is 0 Å². The van der Waals surface area contributed by atoms with Crippen molar-refractivity contribution in [1.82, 2.24) is 0 Å². The van der Waals surface area contributed by atoms with Crippen molar-refractivity contribution in [2.45, 2.75) is 0 Å². The molecule has 0 fully saturated rings. The number of hydrogen-bond donors (Lipinski definition) is 3. The van der Waals surface area contributed by atoms with E-state index in [1.54, 1.807) is 0 Å². The summed E-state index contributed by atoms with van der Waals surface area (Å²) in [7, 11) is 0. The van der Waals surface area contributed by atoms with Crippen LogP contribution < -0.4 is 11.5 Å². The molecule has 7 heavy (non-hydrogen) atoms. The van der Waals surface area contributed by atoms with E-state index in [1.165, 1.54) is 0 Å². The van der Waals surface area contributed by atoms with E-state index in [1.807, 2.05) is 0 Å². The zero-order valence-electron chi connectivity index (χ0n) is 3.38. The third-order valence-electron chi connectivity index (χ3n) is 0. The summed E-state index contributed by atoms with van der Waals surface area (Å²) in [6, 6.07) is 0. The van der Waals surface area contributed by atoms with Crippen LogP contribution in [0.1, 0.15) is 0 Å². The van der Waals surface area contributed by atoms with Crippen LogP contribution in [0.25, 0.3) is 0 Å². The minimum Gasteiger partial charge on any atom is -0.370 e. The summed E-state index contributed by atoms with van der Waals surface area (Å²) in [6.07, 6.45) is 0. The normalized spacial score (nSPS) is 3.43. The van der Waals surface area contributed by atoms with Gasteiger partial charge in [-0.05, 0) is 0 Å². The number of nitrogens with one attached hydrogen (secondary N) is 1. The maximum atomic E-state index is 6.06. The van der Waals surface area contributed by atoms with Crippen molar-refractivity contribution in [3.63, 3.8) is 0 Å². The molecule has 0 amide bonds. The highest BCUT2D eigenvalue weighted by Crippen LogP contribution is 1.13. The van der Waals surface area contributed by atoms with Crippen molar-refractivity contribution < 1.29 is 0 Å². The Bertz CT molecular complexity index is 33.2. The van der Waals surface area contributed by atoms with E-state index in [9.17, 15) is 0 Å². The Morgan fingerprint density at radius 2 is 1.00 bits per heavy atom. The van der Waals surface area contributed by atoms with Gasteiger partial charge >= 0.3 is 0 Å². The molecule has 0 radical (unpaired) electrons. The van der Waals surface area contributed by atoms with Gasteiger partial charge in [-0.3, -0.25) is 5.41 Å². The van der Waals surface area contributed by atoms with Crippen LogP contribution >= 0.6 is 37.2 Å². The zero-order valence-corrected chi connectivity index (χ0v) is 5.83. The van der Waals surface area contributed by atoms with Crippen LogP contribution in [0, 0.1) is 5.41 Å². The second kappa shape index (κ2) is 16.5. The van der Waals surface area contributed by atoms with Gasteiger partial charge in [0.1, 0.15) is 0 Å². The monoisotopic (exact) mass is 167 g/mol. The average molecular weight is 168 g/mol. The first-order valence-corrected chi connectivity index (χ1v) is 0.827. The Morgan fingerprint density at radius 3 is 1.00 bits per heavy atom. The van der Waals surface area contributed by atoms with Gasteiger partial charge in [-0.1, -0.05) is 0 Å². The van der Waals surface area contributed by atoms with Crippen molar-refractivity contribution in [1.29, 1.82) is 5.41 Å². The minimum absolute atomic E-state index is 0. The van der Waals surface area contributed by atoms with E-state index in [2.05, 4.69) is 11.5 Å². The van der Waals surface area contributed by atoms with Gasteiger partial charge < -0.3 is 11.5 Å². The minimum atomic E-state index is -0.333. The van der Waals surface area contributed by atoms with Gasteiger partial charge in [0.15, 0.2) is 5.96 Å². The molecule has 48 valence electrons. The van der Waals surface area contributed by atoms with E-state index in [0.717, 1.165) is 0 Å². The predicted molar refractivity (Wildman–Crippen MR) is 37.8 cm³/mol. The molecule has 3 nitrogen and oxygen atoms in total. The van der Waals surface area contributed by atoms with E-state index < -0.39 is 0 Å². The summed E-state index contributed by atoms with van der Waals surface area (Å²) in [6.45, 7) is 0. The lowest BCUT2D eigenvalue weighted by Gasteiger charge is -1.69. The lowest BCUT2D eigenvalue weighted by atomic mass is 11.1. The SMILES string of the molecule is Cl.Cl.Cl.N=C(N)N. The maximum absolute atomic E-state index is 6.06. The molecule has 0 heterocycles. The molecule has 0 atom stereocenters. The number of halogens is 3. The lowest BCUT2D eigenvalue weighted by molar-refractivity contribution is 1.39. The topological polar surface area (TPSA) is 75.9 Å². The van der Waals surface area contributed by atoms with E-state index in [0.29, 0.717) is 0 Å². The lowest BCUT2D eigenvalue weighted by Crippen LogP contribution is -2.20. The van der Waals surface area contributed by atoms with Gasteiger partial charge in [0, 0.05) is 0 Å². The number of hydrogen-bond acceptors (Lipinski definition) is 1. The molecule has 0 saturated heterocycles. The predicted octanol–water partition coefficient (Wildman–Crippen LogP) is 0.104. The number of rotatable bonds is 0. The molecule has 0 aliphatic heterocycles. The summed E-state index contributed by atoms with van der Waals surface area (Å²) in [4.78, 5) is 0. The van der Waals surface area contributed by atoms with Gasteiger partial charge in [0.25, 0.3) is 0 Å². The summed E-state index contributed by atoms with van der Waals surface area (Å²) in [5.74, 6) is -0.333. The number of guanidine groups is 1. The van der Waals surface area contributed by atoms with E-state index in [-0.39, 0.29) is 43.2 Å². The molecule has 0 aliphatic rings. The Kier molecular flexibility index (Phi) is 64.2. The standard InChI is InChI=1S/CH5N3.3ClH/c2-1(3)4;;;/h(H5,2,3,4);3*1H. The van der Waals surface area contributed by atoms with Gasteiger partial charge in [-0.25, -0.2) is 0 Å². The molecule has 0 spiro atoms. The smallest absolute Gasteiger partial charge is 0.183 e. The van der Waals surface area contributed by atoms with Crippen LogP contribution in [0.2, 0.25) is 0 Å². The van der Waals surface area contributed by atoms with Crippen LogP contribution in [0.5, 0.6) is 0 Å². The Hall–Kier alpha value is 0.140. The molecule has 0 rings (SSSR count). The summed E-state index contributed by atoms with van der Waals surface area (Å²) >= 11 is 0. The maximum Gasteiger partial charge on any atom is 0.183 e. The first-order valence-electron chi connectivity index (χ1n) is 0.827. The summed E-state index contributed by atoms with van der Waals surface area (Å²) in [5, 5.41) is 6.06. The second-order valence-corrected chi connectivity index (χ2v) is 0.455. The van der Waals surface area contributed by atoms with Crippen LogP contribution in [0.15, 0.2) is 0 Å². The number of nitrogens with two attached hydrogens (primary N) is 2. The summed E-state index contributed by atoms with van der Waals surface area (Å²) in [5.41, 5.74) is 8.94. The largest absolute Gasteiger partial charge is 0.370 e. The molecule has 0 bridgehead atoms. The Balaban J connectivity index is -0.0000000150. The van der Waals surface area contributed by atoms with Gasteiger partial charge in [0.05, 0.1) is 0 Å². The molecular formula is CH8Cl3N3. The van der Waals surface area contributed by atoms with Crippen molar-refractivity contribution >= 4 is 43.2 Å². The molecule has 0 saturated carbocycles. The van der Waals surface area contributed by atoms with Crippen LogP contribution in [-0.4, -0.2) is 5.96 Å². The van der Waals surface area contributed by atoms with E-state index >= 15 is 0 Å². The summed E-state index contributed by atoms with van der Waals surface area (Å²) < 4.78 is 0.